The van der Waals surface area contributed by atoms with Crippen LogP contribution in [0.5, 0.6) is 0 Å². The van der Waals surface area contributed by atoms with E-state index in [2.05, 4.69) is 53.4 Å². The number of rotatable bonds is 5. The molecule has 2 aromatic carbocycles. The number of hydrogen-bond donors (Lipinski definition) is 2. The number of aromatic nitrogens is 4. The molecule has 0 fully saturated rings. The summed E-state index contributed by atoms with van der Waals surface area (Å²) in [5.41, 5.74) is 3.95. The van der Waals surface area contributed by atoms with Crippen molar-refractivity contribution in [1.82, 2.24) is 20.2 Å². The number of aromatic amines is 1. The Morgan fingerprint density at radius 3 is 2.72 bits per heavy atom. The van der Waals surface area contributed by atoms with Gasteiger partial charge in [0.05, 0.1) is 15.9 Å². The van der Waals surface area contributed by atoms with Gasteiger partial charge in [-0.25, -0.2) is 9.97 Å². The highest BCUT2D eigenvalue weighted by molar-refractivity contribution is 7.99. The lowest BCUT2D eigenvalue weighted by Gasteiger charge is -2.09. The molecular weight excluding hydrogens is 402 g/mol. The maximum Gasteiger partial charge on any atom is 0.221 e. The van der Waals surface area contributed by atoms with E-state index in [1.165, 1.54) is 24.2 Å². The molecule has 0 spiro atoms. The van der Waals surface area contributed by atoms with Crippen molar-refractivity contribution in [2.45, 2.75) is 43.7 Å². The largest absolute Gasteiger partial charge is 0.325 e. The summed E-state index contributed by atoms with van der Waals surface area (Å²) in [7, 11) is 0. The Bertz CT molecular complexity index is 1190. The summed E-state index contributed by atoms with van der Waals surface area (Å²) in [6.07, 6.45) is 0. The van der Waals surface area contributed by atoms with Gasteiger partial charge in [-0.1, -0.05) is 19.9 Å². The fourth-order valence-corrected chi connectivity index (χ4v) is 4.76. The molecule has 0 saturated carbocycles. The van der Waals surface area contributed by atoms with E-state index >= 15 is 0 Å². The van der Waals surface area contributed by atoms with Crippen LogP contribution in [0, 0.1) is 6.92 Å². The van der Waals surface area contributed by atoms with Gasteiger partial charge in [0.2, 0.25) is 11.1 Å². The first-order valence-electron chi connectivity index (χ1n) is 9.28. The van der Waals surface area contributed by atoms with Crippen LogP contribution < -0.4 is 5.32 Å². The number of carbonyl (C=O) groups excluding carboxylic acids is 1. The fraction of sp³-hybridized carbons (Fsp3) is 0.238. The van der Waals surface area contributed by atoms with Crippen LogP contribution in [0.4, 0.5) is 5.69 Å². The Labute approximate surface area is 177 Å². The van der Waals surface area contributed by atoms with E-state index in [-0.39, 0.29) is 11.8 Å². The summed E-state index contributed by atoms with van der Waals surface area (Å²) < 4.78 is 1.16. The minimum absolute atomic E-state index is 0.118. The molecule has 4 rings (SSSR count). The average molecular weight is 424 g/mol. The summed E-state index contributed by atoms with van der Waals surface area (Å²) >= 11 is 3.08. The number of anilines is 1. The van der Waals surface area contributed by atoms with Crippen molar-refractivity contribution in [2.75, 3.05) is 5.32 Å². The van der Waals surface area contributed by atoms with Gasteiger partial charge in [0, 0.05) is 23.3 Å². The van der Waals surface area contributed by atoms with Crippen LogP contribution in [0.1, 0.15) is 38.1 Å². The van der Waals surface area contributed by atoms with E-state index in [1.54, 1.807) is 11.3 Å². The van der Waals surface area contributed by atoms with E-state index in [1.807, 2.05) is 24.3 Å². The average Bonchev–Trinajstić information content (AvgIpc) is 3.29. The quantitative estimate of drug-likeness (QED) is 0.435. The molecule has 0 aliphatic rings. The van der Waals surface area contributed by atoms with Crippen LogP contribution in [0.3, 0.4) is 0 Å². The lowest BCUT2D eigenvalue weighted by Crippen LogP contribution is -2.06. The predicted molar refractivity (Wildman–Crippen MR) is 119 cm³/mol. The van der Waals surface area contributed by atoms with E-state index in [0.29, 0.717) is 5.16 Å². The first kappa shape index (κ1) is 19.6. The van der Waals surface area contributed by atoms with Crippen molar-refractivity contribution in [3.8, 4) is 10.6 Å². The van der Waals surface area contributed by atoms with Gasteiger partial charge in [-0.3, -0.25) is 9.89 Å². The third-order valence-corrected chi connectivity index (χ3v) is 6.30. The second-order valence-electron chi connectivity index (χ2n) is 7.14. The Morgan fingerprint density at radius 1 is 1.17 bits per heavy atom. The van der Waals surface area contributed by atoms with Crippen molar-refractivity contribution in [3.63, 3.8) is 0 Å². The zero-order chi connectivity index (χ0) is 20.5. The van der Waals surface area contributed by atoms with Crippen LogP contribution in [-0.4, -0.2) is 26.1 Å². The van der Waals surface area contributed by atoms with Gasteiger partial charge in [0.25, 0.3) is 0 Å². The third kappa shape index (κ3) is 4.33. The molecule has 4 aromatic rings. The zero-order valence-electron chi connectivity index (χ0n) is 16.6. The van der Waals surface area contributed by atoms with E-state index in [9.17, 15) is 4.79 Å². The lowest BCUT2D eigenvalue weighted by atomic mass is 10.2. The number of aryl methyl sites for hydroxylation is 1. The van der Waals surface area contributed by atoms with Crippen LogP contribution in [0.15, 0.2) is 46.5 Å². The third-order valence-electron chi connectivity index (χ3n) is 4.31. The summed E-state index contributed by atoms with van der Waals surface area (Å²) in [5.74, 6) is 0.989. The van der Waals surface area contributed by atoms with E-state index in [0.717, 1.165) is 37.2 Å². The predicted octanol–water partition coefficient (Wildman–Crippen LogP) is 5.62. The number of fused-ring (bicyclic) bond motifs is 1. The number of amides is 1. The maximum atomic E-state index is 11.6. The van der Waals surface area contributed by atoms with E-state index in [4.69, 9.17) is 4.98 Å². The number of H-pyrrole nitrogens is 1. The van der Waals surface area contributed by atoms with Crippen LogP contribution >= 0.6 is 23.1 Å². The van der Waals surface area contributed by atoms with Crippen molar-refractivity contribution in [3.05, 3.63) is 47.8 Å². The van der Waals surface area contributed by atoms with Crippen LogP contribution in [0.25, 0.3) is 20.8 Å². The molecule has 0 unspecified atom stereocenters. The summed E-state index contributed by atoms with van der Waals surface area (Å²) in [6.45, 7) is 7.71. The highest BCUT2D eigenvalue weighted by atomic mass is 32.2. The first-order valence-corrected chi connectivity index (χ1v) is 10.9. The molecule has 8 heteroatoms. The SMILES string of the molecule is CC(=O)Nc1ccc(-c2nc3ccc(C)cc3s2)cc1Sc1n[nH]c(C(C)C)n1. The van der Waals surface area contributed by atoms with Gasteiger partial charge in [-0.2, -0.15) is 0 Å². The van der Waals surface area contributed by atoms with E-state index < -0.39 is 0 Å². The molecule has 0 aliphatic heterocycles. The van der Waals surface area contributed by atoms with Gasteiger partial charge in [0.1, 0.15) is 10.8 Å². The molecule has 2 N–H and O–H groups in total. The Hall–Kier alpha value is -2.71. The van der Waals surface area contributed by atoms with Crippen molar-refractivity contribution < 1.29 is 4.79 Å². The van der Waals surface area contributed by atoms with Gasteiger partial charge in [0.15, 0.2) is 0 Å². The molecule has 0 bridgehead atoms. The molecule has 148 valence electrons. The highest BCUT2D eigenvalue weighted by Crippen LogP contribution is 2.38. The maximum absolute atomic E-state index is 11.6. The van der Waals surface area contributed by atoms with Crippen LogP contribution in [0.2, 0.25) is 0 Å². The molecule has 2 aromatic heterocycles. The monoisotopic (exact) mass is 423 g/mol. The summed E-state index contributed by atoms with van der Waals surface area (Å²) in [5, 5.41) is 11.7. The van der Waals surface area contributed by atoms with Gasteiger partial charge in [-0.15, -0.1) is 16.4 Å². The Kier molecular flexibility index (Phi) is 5.38. The number of hydrogen-bond acceptors (Lipinski definition) is 6. The number of nitrogens with one attached hydrogen (secondary N) is 2. The Morgan fingerprint density at radius 2 is 2.00 bits per heavy atom. The Balaban J connectivity index is 1.73. The normalized spacial score (nSPS) is 11.3. The molecule has 0 radical (unpaired) electrons. The molecule has 2 heterocycles. The van der Waals surface area contributed by atoms with Gasteiger partial charge in [-0.05, 0) is 54.6 Å². The minimum Gasteiger partial charge on any atom is -0.325 e. The highest BCUT2D eigenvalue weighted by Gasteiger charge is 2.14. The number of nitrogens with zero attached hydrogens (tertiary/aromatic N) is 3. The molecule has 0 saturated heterocycles. The van der Waals surface area contributed by atoms with Crippen LogP contribution in [-0.2, 0) is 4.79 Å². The standard InChI is InChI=1S/C21H21N5OS2/c1-11(2)19-24-21(26-25-19)29-18-10-14(6-8-15(18)22-13(4)27)20-23-16-7-5-12(3)9-17(16)28-20/h5-11H,1-4H3,(H,22,27)(H,24,25,26). The molecule has 29 heavy (non-hydrogen) atoms. The first-order chi connectivity index (χ1) is 13.9. The zero-order valence-corrected chi connectivity index (χ0v) is 18.2. The number of thiazole rings is 1. The molecule has 1 amide bonds. The lowest BCUT2D eigenvalue weighted by molar-refractivity contribution is -0.114. The second kappa shape index (κ2) is 7.96. The topological polar surface area (TPSA) is 83.6 Å². The molecule has 0 aliphatic carbocycles. The van der Waals surface area contributed by atoms with Gasteiger partial charge >= 0.3 is 0 Å². The second-order valence-corrected chi connectivity index (χ2v) is 9.18. The summed E-state index contributed by atoms with van der Waals surface area (Å²) in [6, 6.07) is 12.2. The van der Waals surface area contributed by atoms with Gasteiger partial charge < -0.3 is 5.32 Å². The fourth-order valence-electron chi connectivity index (χ4n) is 2.85. The van der Waals surface area contributed by atoms with Crippen molar-refractivity contribution in [2.24, 2.45) is 0 Å². The number of benzene rings is 2. The minimum atomic E-state index is -0.118. The molecular formula is C21H21N5OS2. The van der Waals surface area contributed by atoms with Crippen molar-refractivity contribution in [1.29, 1.82) is 0 Å². The van der Waals surface area contributed by atoms with Crippen molar-refractivity contribution >= 4 is 44.9 Å². The summed E-state index contributed by atoms with van der Waals surface area (Å²) in [4.78, 5) is 21.8. The molecule has 0 atom stereocenters. The smallest absolute Gasteiger partial charge is 0.221 e. The molecule has 6 nitrogen and oxygen atoms in total. The number of carbonyl (C=O) groups is 1.